The van der Waals surface area contributed by atoms with Crippen LogP contribution in [0.15, 0.2) is 6.20 Å². The van der Waals surface area contributed by atoms with Gasteiger partial charge >= 0.3 is 0 Å². The number of hydrogen-bond acceptors (Lipinski definition) is 5. The van der Waals surface area contributed by atoms with Gasteiger partial charge in [0.15, 0.2) is 15.7 Å². The molecule has 2 heterocycles. The van der Waals surface area contributed by atoms with E-state index >= 15 is 0 Å². The average molecular weight is 282 g/mol. The third-order valence-electron chi connectivity index (χ3n) is 2.34. The summed E-state index contributed by atoms with van der Waals surface area (Å²) < 4.78 is 22.5. The molecule has 16 heavy (non-hydrogen) atoms. The van der Waals surface area contributed by atoms with Gasteiger partial charge in [-0.1, -0.05) is 11.6 Å². The van der Waals surface area contributed by atoms with Crippen LogP contribution in [0.1, 0.15) is 0 Å². The zero-order valence-corrected chi connectivity index (χ0v) is 10.6. The summed E-state index contributed by atoms with van der Waals surface area (Å²) in [7, 11) is -2.91. The number of rotatable bonds is 1. The highest BCUT2D eigenvalue weighted by atomic mass is 35.5. The molecule has 0 aromatic carbocycles. The zero-order valence-electron chi connectivity index (χ0n) is 8.23. The molecule has 0 bridgehead atoms. The van der Waals surface area contributed by atoms with E-state index in [1.54, 1.807) is 4.90 Å². The lowest BCUT2D eigenvalue weighted by Crippen LogP contribution is -2.40. The lowest BCUT2D eigenvalue weighted by atomic mass is 10.4. The molecule has 0 N–H and O–H groups in total. The van der Waals surface area contributed by atoms with Crippen molar-refractivity contribution in [3.05, 3.63) is 16.5 Å². The Morgan fingerprint density at radius 3 is 2.50 bits per heavy atom. The first-order chi connectivity index (χ1) is 7.48. The van der Waals surface area contributed by atoms with Crippen molar-refractivity contribution in [2.24, 2.45) is 0 Å². The Kier molecular flexibility index (Phi) is 3.23. The maximum absolute atomic E-state index is 11.3. The minimum Gasteiger partial charge on any atom is -0.353 e. The van der Waals surface area contributed by atoms with Gasteiger partial charge in [0, 0.05) is 13.1 Å². The highest BCUT2D eigenvalue weighted by Gasteiger charge is 2.24. The molecule has 2 rings (SSSR count). The van der Waals surface area contributed by atoms with Gasteiger partial charge in [-0.15, -0.1) is 0 Å². The van der Waals surface area contributed by atoms with Gasteiger partial charge in [0.25, 0.3) is 0 Å². The maximum Gasteiger partial charge on any atom is 0.224 e. The first-order valence-corrected chi connectivity index (χ1v) is 7.19. The van der Waals surface area contributed by atoms with Crippen molar-refractivity contribution in [2.45, 2.75) is 0 Å². The van der Waals surface area contributed by atoms with E-state index in [0.717, 1.165) is 0 Å². The Morgan fingerprint density at radius 2 is 1.88 bits per heavy atom. The van der Waals surface area contributed by atoms with Gasteiger partial charge in [-0.3, -0.25) is 0 Å². The number of nitrogens with zero attached hydrogens (tertiary/aromatic N) is 3. The van der Waals surface area contributed by atoms with Crippen LogP contribution >= 0.6 is 23.2 Å². The summed E-state index contributed by atoms with van der Waals surface area (Å²) in [6.07, 6.45) is 1.41. The van der Waals surface area contributed by atoms with Gasteiger partial charge < -0.3 is 4.90 Å². The first kappa shape index (κ1) is 11.9. The van der Waals surface area contributed by atoms with Gasteiger partial charge in [-0.05, 0) is 11.6 Å². The smallest absolute Gasteiger partial charge is 0.224 e. The summed E-state index contributed by atoms with van der Waals surface area (Å²) in [6, 6.07) is 0. The molecule has 1 aliphatic rings. The van der Waals surface area contributed by atoms with Gasteiger partial charge in [0.05, 0.1) is 17.7 Å². The van der Waals surface area contributed by atoms with Crippen molar-refractivity contribution in [2.75, 3.05) is 29.5 Å². The lowest BCUT2D eigenvalue weighted by molar-refractivity contribution is 0.586. The molecule has 5 nitrogen and oxygen atoms in total. The molecule has 8 heteroatoms. The van der Waals surface area contributed by atoms with Crippen molar-refractivity contribution in [1.82, 2.24) is 9.97 Å². The zero-order chi connectivity index (χ0) is 11.8. The molecule has 1 aromatic rings. The fraction of sp³-hybridized carbons (Fsp3) is 0.500. The minimum absolute atomic E-state index is 0.104. The summed E-state index contributed by atoms with van der Waals surface area (Å²) in [6.45, 7) is 0.769. The predicted molar refractivity (Wildman–Crippen MR) is 62.9 cm³/mol. The summed E-state index contributed by atoms with van der Waals surface area (Å²) >= 11 is 11.6. The molecule has 0 atom stereocenters. The fourth-order valence-corrected chi connectivity index (χ4v) is 3.02. The van der Waals surface area contributed by atoms with Crippen molar-refractivity contribution < 1.29 is 8.42 Å². The van der Waals surface area contributed by atoms with E-state index < -0.39 is 9.84 Å². The number of anilines is 1. The number of sulfone groups is 1. The maximum atomic E-state index is 11.3. The normalized spacial score (nSPS) is 19.8. The van der Waals surface area contributed by atoms with E-state index in [0.29, 0.717) is 23.9 Å². The molecule has 1 fully saturated rings. The largest absolute Gasteiger partial charge is 0.353 e. The number of aromatic nitrogens is 2. The van der Waals surface area contributed by atoms with Crippen LogP contribution in [0, 0.1) is 0 Å². The Morgan fingerprint density at radius 1 is 1.25 bits per heavy atom. The first-order valence-electron chi connectivity index (χ1n) is 4.61. The Bertz CT molecular complexity index is 492. The minimum atomic E-state index is -2.91. The SMILES string of the molecule is O=S1(=O)CCN(c2nc(Cl)ncc2Cl)CC1. The summed E-state index contributed by atoms with van der Waals surface area (Å²) in [4.78, 5) is 9.54. The Labute approximate surface area is 103 Å². The van der Waals surface area contributed by atoms with Gasteiger partial charge in [0.2, 0.25) is 5.28 Å². The average Bonchev–Trinajstić information content (AvgIpc) is 2.22. The van der Waals surface area contributed by atoms with Crippen LogP contribution in [0.3, 0.4) is 0 Å². The van der Waals surface area contributed by atoms with E-state index in [1.807, 2.05) is 0 Å². The highest BCUT2D eigenvalue weighted by Crippen LogP contribution is 2.24. The summed E-state index contributed by atoms with van der Waals surface area (Å²) in [5, 5.41) is 0.483. The second-order valence-electron chi connectivity index (χ2n) is 3.45. The van der Waals surface area contributed by atoms with Gasteiger partial charge in [-0.25, -0.2) is 13.4 Å². The van der Waals surface area contributed by atoms with Crippen molar-refractivity contribution in [3.8, 4) is 0 Å². The fourth-order valence-electron chi connectivity index (χ4n) is 1.48. The van der Waals surface area contributed by atoms with Crippen molar-refractivity contribution in [3.63, 3.8) is 0 Å². The van der Waals surface area contributed by atoms with Crippen LogP contribution in [0.2, 0.25) is 10.3 Å². The van der Waals surface area contributed by atoms with E-state index in [-0.39, 0.29) is 16.8 Å². The molecular weight excluding hydrogens is 273 g/mol. The second kappa shape index (κ2) is 4.35. The quantitative estimate of drug-likeness (QED) is 0.720. The Hall–Kier alpha value is -0.590. The molecule has 1 aromatic heterocycles. The topological polar surface area (TPSA) is 63.2 Å². The standard InChI is InChI=1S/C8H9Cl2N3O2S/c9-6-5-11-8(10)12-7(6)13-1-3-16(14,15)4-2-13/h5H,1-4H2. The van der Waals surface area contributed by atoms with Gasteiger partial charge in [0.1, 0.15) is 5.02 Å². The second-order valence-corrected chi connectivity index (χ2v) is 6.50. The van der Waals surface area contributed by atoms with Gasteiger partial charge in [-0.2, -0.15) is 4.98 Å². The number of hydrogen-bond donors (Lipinski definition) is 0. The number of halogens is 2. The molecule has 0 unspecified atom stereocenters. The molecule has 1 saturated heterocycles. The van der Waals surface area contributed by atoms with E-state index in [1.165, 1.54) is 6.20 Å². The predicted octanol–water partition coefficient (Wildman–Crippen LogP) is 1.02. The van der Waals surface area contributed by atoms with Crippen molar-refractivity contribution >= 4 is 38.9 Å². The summed E-state index contributed by atoms with van der Waals surface area (Å²) in [5.41, 5.74) is 0. The molecule has 1 aliphatic heterocycles. The van der Waals surface area contributed by atoms with E-state index in [9.17, 15) is 8.42 Å². The molecule has 0 spiro atoms. The van der Waals surface area contributed by atoms with Crippen LogP contribution in [-0.4, -0.2) is 43.0 Å². The van der Waals surface area contributed by atoms with Crippen LogP contribution in [-0.2, 0) is 9.84 Å². The lowest BCUT2D eigenvalue weighted by Gasteiger charge is -2.28. The molecule has 0 radical (unpaired) electrons. The summed E-state index contributed by atoms with van der Waals surface area (Å²) in [5.74, 6) is 0.729. The monoisotopic (exact) mass is 281 g/mol. The van der Waals surface area contributed by atoms with Crippen LogP contribution in [0.4, 0.5) is 5.82 Å². The van der Waals surface area contributed by atoms with Crippen molar-refractivity contribution in [1.29, 1.82) is 0 Å². The van der Waals surface area contributed by atoms with E-state index in [2.05, 4.69) is 9.97 Å². The molecule has 0 amide bonds. The molecular formula is C8H9Cl2N3O2S. The van der Waals surface area contributed by atoms with Crippen LogP contribution < -0.4 is 4.90 Å². The van der Waals surface area contributed by atoms with Crippen LogP contribution in [0.5, 0.6) is 0 Å². The Balaban J connectivity index is 2.23. The highest BCUT2D eigenvalue weighted by molar-refractivity contribution is 7.91. The third-order valence-corrected chi connectivity index (χ3v) is 4.40. The van der Waals surface area contributed by atoms with Crippen LogP contribution in [0.25, 0.3) is 0 Å². The van der Waals surface area contributed by atoms with E-state index in [4.69, 9.17) is 23.2 Å². The molecule has 0 aliphatic carbocycles. The third kappa shape index (κ3) is 2.56. The molecule has 0 saturated carbocycles. The molecule has 88 valence electrons.